The van der Waals surface area contributed by atoms with Crippen LogP contribution in [0.2, 0.25) is 0 Å². The van der Waals surface area contributed by atoms with E-state index in [1.54, 1.807) is 19.1 Å². The van der Waals surface area contributed by atoms with Gasteiger partial charge in [-0.3, -0.25) is 4.79 Å². The number of rotatable bonds is 9. The number of nitrogens with zero attached hydrogens (tertiary/aromatic N) is 1. The Morgan fingerprint density at radius 3 is 2.40 bits per heavy atom. The van der Waals surface area contributed by atoms with E-state index < -0.39 is 0 Å². The van der Waals surface area contributed by atoms with Gasteiger partial charge in [0.1, 0.15) is 0 Å². The maximum Gasteiger partial charge on any atom is 0.228 e. The van der Waals surface area contributed by atoms with Crippen molar-refractivity contribution >= 4 is 11.6 Å². The molecular weight excluding hydrogens is 316 g/mol. The topological polar surface area (TPSA) is 50.8 Å². The molecule has 0 unspecified atom stereocenters. The summed E-state index contributed by atoms with van der Waals surface area (Å²) in [7, 11) is 3.24. The summed E-state index contributed by atoms with van der Waals surface area (Å²) in [5.41, 5.74) is 2.02. The van der Waals surface area contributed by atoms with E-state index >= 15 is 0 Å². The molecule has 2 rings (SSSR count). The number of amides is 1. The molecule has 0 bridgehead atoms. The summed E-state index contributed by atoms with van der Waals surface area (Å²) in [5, 5.41) is 3.31. The van der Waals surface area contributed by atoms with Crippen LogP contribution in [-0.4, -0.2) is 33.2 Å². The van der Waals surface area contributed by atoms with E-state index in [-0.39, 0.29) is 5.91 Å². The van der Waals surface area contributed by atoms with Gasteiger partial charge in [-0.25, -0.2) is 0 Å². The molecule has 0 heterocycles. The van der Waals surface area contributed by atoms with Crippen molar-refractivity contribution in [2.45, 2.75) is 19.9 Å². The van der Waals surface area contributed by atoms with Crippen molar-refractivity contribution in [1.82, 2.24) is 5.32 Å². The third-order valence-electron chi connectivity index (χ3n) is 3.98. The van der Waals surface area contributed by atoms with Crippen molar-refractivity contribution in [1.29, 1.82) is 0 Å². The van der Waals surface area contributed by atoms with Gasteiger partial charge in [0.05, 0.1) is 14.2 Å². The molecule has 0 aliphatic carbocycles. The number of carbonyl (C=O) groups excluding carboxylic acids is 1. The molecule has 2 aromatic carbocycles. The zero-order valence-electron chi connectivity index (χ0n) is 15.1. The molecule has 0 aromatic heterocycles. The van der Waals surface area contributed by atoms with E-state index in [1.807, 2.05) is 55.5 Å². The van der Waals surface area contributed by atoms with E-state index in [1.165, 1.54) is 0 Å². The van der Waals surface area contributed by atoms with Crippen molar-refractivity contribution in [2.75, 3.05) is 32.2 Å². The van der Waals surface area contributed by atoms with Crippen molar-refractivity contribution in [3.63, 3.8) is 0 Å². The number of benzene rings is 2. The molecule has 134 valence electrons. The highest BCUT2D eigenvalue weighted by atomic mass is 16.5. The maximum absolute atomic E-state index is 12.4. The molecular formula is C20H26N2O3. The second-order valence-electron chi connectivity index (χ2n) is 5.59. The number of hydrogen-bond donors (Lipinski definition) is 1. The second kappa shape index (κ2) is 9.69. The minimum atomic E-state index is 0.119. The van der Waals surface area contributed by atoms with Crippen molar-refractivity contribution < 1.29 is 14.3 Å². The zero-order chi connectivity index (χ0) is 18.1. The SMILES string of the molecule is CCN(C(=O)CCNCc1ccc(OC)c(OC)c1)c1ccccc1. The van der Waals surface area contributed by atoms with Crippen LogP contribution >= 0.6 is 0 Å². The first-order chi connectivity index (χ1) is 12.2. The van der Waals surface area contributed by atoms with Gasteiger partial charge in [-0.2, -0.15) is 0 Å². The molecule has 0 spiro atoms. The summed E-state index contributed by atoms with van der Waals surface area (Å²) in [5.74, 6) is 1.54. The van der Waals surface area contributed by atoms with Gasteiger partial charge in [0.15, 0.2) is 11.5 Å². The molecule has 0 aliphatic rings. The molecule has 1 N–H and O–H groups in total. The average molecular weight is 342 g/mol. The van der Waals surface area contributed by atoms with Crippen LogP contribution < -0.4 is 19.7 Å². The Labute approximate surface area is 149 Å². The first-order valence-electron chi connectivity index (χ1n) is 8.46. The van der Waals surface area contributed by atoms with Crippen molar-refractivity contribution in [3.05, 3.63) is 54.1 Å². The van der Waals surface area contributed by atoms with Crippen LogP contribution in [0.4, 0.5) is 5.69 Å². The van der Waals surface area contributed by atoms with Crippen molar-refractivity contribution in [2.24, 2.45) is 0 Å². The molecule has 2 aromatic rings. The lowest BCUT2D eigenvalue weighted by molar-refractivity contribution is -0.118. The predicted molar refractivity (Wildman–Crippen MR) is 100 cm³/mol. The molecule has 0 atom stereocenters. The fourth-order valence-corrected chi connectivity index (χ4v) is 2.66. The van der Waals surface area contributed by atoms with E-state index in [0.29, 0.717) is 37.6 Å². The number of nitrogens with one attached hydrogen (secondary N) is 1. The molecule has 5 nitrogen and oxygen atoms in total. The van der Waals surface area contributed by atoms with Crippen LogP contribution in [0.5, 0.6) is 11.5 Å². The van der Waals surface area contributed by atoms with Gasteiger partial charge in [-0.15, -0.1) is 0 Å². The summed E-state index contributed by atoms with van der Waals surface area (Å²) >= 11 is 0. The predicted octanol–water partition coefficient (Wildman–Crippen LogP) is 3.24. The highest BCUT2D eigenvalue weighted by Crippen LogP contribution is 2.27. The van der Waals surface area contributed by atoms with Gasteiger partial charge in [-0.05, 0) is 36.8 Å². The zero-order valence-corrected chi connectivity index (χ0v) is 15.1. The van der Waals surface area contributed by atoms with Gasteiger partial charge in [0, 0.05) is 31.7 Å². The van der Waals surface area contributed by atoms with E-state index in [2.05, 4.69) is 5.32 Å². The average Bonchev–Trinajstić information content (AvgIpc) is 2.66. The Balaban J connectivity index is 1.83. The molecule has 0 radical (unpaired) electrons. The standard InChI is InChI=1S/C20H26N2O3/c1-4-22(17-8-6-5-7-9-17)20(23)12-13-21-15-16-10-11-18(24-2)19(14-16)25-3/h5-11,14,21H,4,12-13,15H2,1-3H3. The molecule has 0 saturated carbocycles. The second-order valence-corrected chi connectivity index (χ2v) is 5.59. The van der Waals surface area contributed by atoms with Crippen LogP contribution in [0.25, 0.3) is 0 Å². The smallest absolute Gasteiger partial charge is 0.228 e. The number of methoxy groups -OCH3 is 2. The van der Waals surface area contributed by atoms with Gasteiger partial charge in [0.2, 0.25) is 5.91 Å². The number of hydrogen-bond acceptors (Lipinski definition) is 4. The third kappa shape index (κ3) is 5.22. The molecule has 0 fully saturated rings. The van der Waals surface area contributed by atoms with Crippen LogP contribution in [-0.2, 0) is 11.3 Å². The molecule has 5 heteroatoms. The lowest BCUT2D eigenvalue weighted by atomic mass is 10.2. The summed E-state index contributed by atoms with van der Waals surface area (Å²) in [6, 6.07) is 15.6. The highest BCUT2D eigenvalue weighted by Gasteiger charge is 2.12. The Hall–Kier alpha value is -2.53. The molecule has 1 amide bonds. The quantitative estimate of drug-likeness (QED) is 0.711. The number of carbonyl (C=O) groups is 1. The minimum Gasteiger partial charge on any atom is -0.493 e. The number of anilines is 1. The summed E-state index contributed by atoms with van der Waals surface area (Å²) < 4.78 is 10.5. The molecule has 25 heavy (non-hydrogen) atoms. The molecule has 0 saturated heterocycles. The van der Waals surface area contributed by atoms with Crippen LogP contribution in [0.3, 0.4) is 0 Å². The van der Waals surface area contributed by atoms with Gasteiger partial charge in [0.25, 0.3) is 0 Å². The Morgan fingerprint density at radius 1 is 1.04 bits per heavy atom. The Bertz CT molecular complexity index is 674. The van der Waals surface area contributed by atoms with Crippen molar-refractivity contribution in [3.8, 4) is 11.5 Å². The van der Waals surface area contributed by atoms with Gasteiger partial charge >= 0.3 is 0 Å². The lowest BCUT2D eigenvalue weighted by Crippen LogP contribution is -2.32. The first-order valence-corrected chi connectivity index (χ1v) is 8.46. The third-order valence-corrected chi connectivity index (χ3v) is 3.98. The Kier molecular flexibility index (Phi) is 7.29. The summed E-state index contributed by atoms with van der Waals surface area (Å²) in [6.45, 7) is 3.95. The summed E-state index contributed by atoms with van der Waals surface area (Å²) in [6.07, 6.45) is 0.454. The number of para-hydroxylation sites is 1. The first kappa shape index (κ1) is 18.8. The Morgan fingerprint density at radius 2 is 1.76 bits per heavy atom. The minimum absolute atomic E-state index is 0.119. The highest BCUT2D eigenvalue weighted by molar-refractivity contribution is 5.93. The van der Waals surface area contributed by atoms with Crippen LogP contribution in [0.1, 0.15) is 18.9 Å². The van der Waals surface area contributed by atoms with E-state index in [0.717, 1.165) is 11.3 Å². The fraction of sp³-hybridized carbons (Fsp3) is 0.350. The van der Waals surface area contributed by atoms with E-state index in [4.69, 9.17) is 9.47 Å². The largest absolute Gasteiger partial charge is 0.493 e. The summed E-state index contributed by atoms with van der Waals surface area (Å²) in [4.78, 5) is 14.2. The molecule has 0 aliphatic heterocycles. The van der Waals surface area contributed by atoms with E-state index in [9.17, 15) is 4.79 Å². The van der Waals surface area contributed by atoms with Gasteiger partial charge in [-0.1, -0.05) is 24.3 Å². The van der Waals surface area contributed by atoms with Crippen LogP contribution in [0, 0.1) is 0 Å². The monoisotopic (exact) mass is 342 g/mol. The number of ether oxygens (including phenoxy) is 2. The van der Waals surface area contributed by atoms with Gasteiger partial charge < -0.3 is 19.7 Å². The lowest BCUT2D eigenvalue weighted by Gasteiger charge is -2.21. The fourth-order valence-electron chi connectivity index (χ4n) is 2.66. The maximum atomic E-state index is 12.4. The van der Waals surface area contributed by atoms with Crippen LogP contribution in [0.15, 0.2) is 48.5 Å². The normalized spacial score (nSPS) is 10.4.